The van der Waals surface area contributed by atoms with E-state index in [4.69, 9.17) is 10.3 Å². The zero-order chi connectivity index (χ0) is 14.1. The standard InChI is InChI=1S/C15H11FN2O2/c16-10-6-7-14-12(8-10)15(19)13(9-20-14)18(17)11-4-2-1-3-5-11/h1-9H,17H2. The summed E-state index contributed by atoms with van der Waals surface area (Å²) in [5.74, 6) is 5.43. The van der Waals surface area contributed by atoms with E-state index in [1.165, 1.54) is 23.4 Å². The predicted molar refractivity (Wildman–Crippen MR) is 75.2 cm³/mol. The highest BCUT2D eigenvalue weighted by molar-refractivity contribution is 5.80. The smallest absolute Gasteiger partial charge is 0.217 e. The number of hydrazine groups is 1. The number of halogens is 1. The van der Waals surface area contributed by atoms with Crippen molar-refractivity contribution < 1.29 is 8.81 Å². The molecule has 0 unspecified atom stereocenters. The maximum Gasteiger partial charge on any atom is 0.217 e. The van der Waals surface area contributed by atoms with Crippen molar-refractivity contribution >= 4 is 22.3 Å². The first-order chi connectivity index (χ1) is 9.66. The molecule has 1 aromatic heterocycles. The zero-order valence-electron chi connectivity index (χ0n) is 10.4. The molecule has 0 aliphatic rings. The molecule has 1 heterocycles. The molecule has 0 aliphatic carbocycles. The van der Waals surface area contributed by atoms with Crippen LogP contribution in [-0.2, 0) is 0 Å². The Labute approximate surface area is 113 Å². The number of anilines is 2. The first kappa shape index (κ1) is 12.4. The van der Waals surface area contributed by atoms with Crippen molar-refractivity contribution in [2.75, 3.05) is 5.01 Å². The molecule has 0 radical (unpaired) electrons. The van der Waals surface area contributed by atoms with Crippen LogP contribution in [0.1, 0.15) is 0 Å². The third-order valence-corrected chi connectivity index (χ3v) is 3.01. The molecule has 5 heteroatoms. The average molecular weight is 270 g/mol. The minimum atomic E-state index is -0.495. The van der Waals surface area contributed by atoms with Gasteiger partial charge >= 0.3 is 0 Å². The topological polar surface area (TPSA) is 59.5 Å². The highest BCUT2D eigenvalue weighted by Crippen LogP contribution is 2.21. The second-order valence-corrected chi connectivity index (χ2v) is 4.30. The summed E-state index contributed by atoms with van der Waals surface area (Å²) in [7, 11) is 0. The van der Waals surface area contributed by atoms with Gasteiger partial charge in [-0.2, -0.15) is 0 Å². The van der Waals surface area contributed by atoms with Crippen molar-refractivity contribution in [3.05, 3.63) is 70.8 Å². The maximum atomic E-state index is 13.2. The van der Waals surface area contributed by atoms with Gasteiger partial charge in [-0.3, -0.25) is 9.80 Å². The van der Waals surface area contributed by atoms with Crippen LogP contribution < -0.4 is 16.3 Å². The largest absolute Gasteiger partial charge is 0.462 e. The van der Waals surface area contributed by atoms with Gasteiger partial charge in [0.15, 0.2) is 0 Å². The van der Waals surface area contributed by atoms with E-state index < -0.39 is 5.82 Å². The first-order valence-electron chi connectivity index (χ1n) is 5.98. The third kappa shape index (κ3) is 2.04. The lowest BCUT2D eigenvalue weighted by atomic mass is 10.2. The van der Waals surface area contributed by atoms with Crippen LogP contribution in [-0.4, -0.2) is 0 Å². The lowest BCUT2D eigenvalue weighted by molar-refractivity contribution is 0.595. The van der Waals surface area contributed by atoms with E-state index in [9.17, 15) is 9.18 Å². The van der Waals surface area contributed by atoms with Crippen molar-refractivity contribution in [1.29, 1.82) is 0 Å². The second kappa shape index (κ2) is 4.79. The Hall–Kier alpha value is -2.66. The normalized spacial score (nSPS) is 10.7. The number of para-hydroxylation sites is 1. The minimum absolute atomic E-state index is 0.148. The van der Waals surface area contributed by atoms with Gasteiger partial charge in [-0.15, -0.1) is 0 Å². The van der Waals surface area contributed by atoms with Crippen molar-refractivity contribution in [2.45, 2.75) is 0 Å². The molecule has 0 aliphatic heterocycles. The molecule has 20 heavy (non-hydrogen) atoms. The quantitative estimate of drug-likeness (QED) is 0.574. The Kier molecular flexibility index (Phi) is 2.96. The van der Waals surface area contributed by atoms with Crippen molar-refractivity contribution in [2.24, 2.45) is 5.84 Å². The molecule has 100 valence electrons. The maximum absolute atomic E-state index is 13.2. The SMILES string of the molecule is NN(c1ccccc1)c1coc2ccc(F)cc2c1=O. The number of nitrogens with two attached hydrogens (primary N) is 1. The zero-order valence-corrected chi connectivity index (χ0v) is 10.4. The fourth-order valence-electron chi connectivity index (χ4n) is 1.99. The molecule has 4 nitrogen and oxygen atoms in total. The third-order valence-electron chi connectivity index (χ3n) is 3.01. The average Bonchev–Trinajstić information content (AvgIpc) is 2.48. The number of fused-ring (bicyclic) bond motifs is 1. The number of benzene rings is 2. The number of hydrogen-bond acceptors (Lipinski definition) is 4. The van der Waals surface area contributed by atoms with Gasteiger partial charge < -0.3 is 4.42 Å². The van der Waals surface area contributed by atoms with Crippen LogP contribution in [0.4, 0.5) is 15.8 Å². The van der Waals surface area contributed by atoms with Crippen LogP contribution in [0.5, 0.6) is 0 Å². The van der Waals surface area contributed by atoms with Crippen molar-refractivity contribution in [3.8, 4) is 0 Å². The van der Waals surface area contributed by atoms with E-state index >= 15 is 0 Å². The Morgan fingerprint density at radius 2 is 1.85 bits per heavy atom. The number of nitrogens with zero attached hydrogens (tertiary/aromatic N) is 1. The molecule has 3 rings (SSSR count). The van der Waals surface area contributed by atoms with Crippen LogP contribution in [0.2, 0.25) is 0 Å². The second-order valence-electron chi connectivity index (χ2n) is 4.30. The van der Waals surface area contributed by atoms with Gasteiger partial charge in [0.05, 0.1) is 11.1 Å². The molecule has 2 aromatic carbocycles. The molecule has 0 amide bonds. The van der Waals surface area contributed by atoms with Crippen molar-refractivity contribution in [1.82, 2.24) is 0 Å². The number of hydrogen-bond donors (Lipinski definition) is 1. The fourth-order valence-corrected chi connectivity index (χ4v) is 1.99. The summed E-state index contributed by atoms with van der Waals surface area (Å²) >= 11 is 0. The Bertz CT molecular complexity index is 815. The van der Waals surface area contributed by atoms with Crippen LogP contribution >= 0.6 is 0 Å². The van der Waals surface area contributed by atoms with E-state index in [0.29, 0.717) is 11.3 Å². The summed E-state index contributed by atoms with van der Waals surface area (Å²) in [5, 5.41) is 1.38. The van der Waals surface area contributed by atoms with Gasteiger partial charge in [-0.25, -0.2) is 10.2 Å². The summed E-state index contributed by atoms with van der Waals surface area (Å²) in [5.41, 5.74) is 0.726. The first-order valence-corrected chi connectivity index (χ1v) is 5.98. The molecular formula is C15H11FN2O2. The van der Waals surface area contributed by atoms with E-state index in [2.05, 4.69) is 0 Å². The molecule has 0 bridgehead atoms. The molecule has 0 atom stereocenters. The molecule has 0 spiro atoms. The van der Waals surface area contributed by atoms with Gasteiger partial charge in [0.2, 0.25) is 5.43 Å². The van der Waals surface area contributed by atoms with Crippen LogP contribution in [0, 0.1) is 5.82 Å². The molecule has 3 aromatic rings. The summed E-state index contributed by atoms with van der Waals surface area (Å²) in [4.78, 5) is 12.3. The Balaban J connectivity index is 2.18. The van der Waals surface area contributed by atoms with Gasteiger partial charge in [0, 0.05) is 0 Å². The molecule has 0 saturated carbocycles. The predicted octanol–water partition coefficient (Wildman–Crippen LogP) is 2.94. The molecule has 0 saturated heterocycles. The fraction of sp³-hybridized carbons (Fsp3) is 0. The molecular weight excluding hydrogens is 259 g/mol. The van der Waals surface area contributed by atoms with Gasteiger partial charge in [0.25, 0.3) is 0 Å². The molecule has 0 fully saturated rings. The summed E-state index contributed by atoms with van der Waals surface area (Å²) in [6, 6.07) is 12.8. The summed E-state index contributed by atoms with van der Waals surface area (Å²) in [6.45, 7) is 0. The lowest BCUT2D eigenvalue weighted by Gasteiger charge is -2.17. The monoisotopic (exact) mass is 270 g/mol. The van der Waals surface area contributed by atoms with Crippen LogP contribution in [0.15, 0.2) is 64.0 Å². The van der Waals surface area contributed by atoms with Crippen molar-refractivity contribution in [3.63, 3.8) is 0 Å². The Morgan fingerprint density at radius 1 is 1.10 bits per heavy atom. The Morgan fingerprint density at radius 3 is 2.60 bits per heavy atom. The van der Waals surface area contributed by atoms with Gasteiger partial charge in [0.1, 0.15) is 23.4 Å². The van der Waals surface area contributed by atoms with E-state index in [0.717, 1.165) is 6.07 Å². The lowest BCUT2D eigenvalue weighted by Crippen LogP contribution is -2.29. The van der Waals surface area contributed by atoms with E-state index in [1.54, 1.807) is 24.3 Å². The molecule has 2 N–H and O–H groups in total. The highest BCUT2D eigenvalue weighted by Gasteiger charge is 2.13. The van der Waals surface area contributed by atoms with Crippen LogP contribution in [0.25, 0.3) is 11.0 Å². The number of rotatable bonds is 2. The van der Waals surface area contributed by atoms with Crippen LogP contribution in [0.3, 0.4) is 0 Å². The van der Waals surface area contributed by atoms with E-state index in [-0.39, 0.29) is 16.5 Å². The van der Waals surface area contributed by atoms with E-state index in [1.807, 2.05) is 6.07 Å². The highest BCUT2D eigenvalue weighted by atomic mass is 19.1. The summed E-state index contributed by atoms with van der Waals surface area (Å²) < 4.78 is 18.6. The van der Waals surface area contributed by atoms with Gasteiger partial charge in [-0.1, -0.05) is 18.2 Å². The summed E-state index contributed by atoms with van der Waals surface area (Å²) in [6.07, 6.45) is 1.27. The minimum Gasteiger partial charge on any atom is -0.462 e. The van der Waals surface area contributed by atoms with Gasteiger partial charge in [-0.05, 0) is 30.3 Å².